The van der Waals surface area contributed by atoms with E-state index in [4.69, 9.17) is 0 Å². The first-order valence-electron chi connectivity index (χ1n) is 14.6. The third-order valence-electron chi connectivity index (χ3n) is 8.91. The van der Waals surface area contributed by atoms with E-state index >= 15 is 0 Å². The minimum atomic E-state index is -0.321. The van der Waals surface area contributed by atoms with Crippen molar-refractivity contribution in [3.63, 3.8) is 0 Å². The van der Waals surface area contributed by atoms with E-state index in [-0.39, 0.29) is 29.7 Å². The van der Waals surface area contributed by atoms with Gasteiger partial charge in [-0.3, -0.25) is 19.2 Å². The lowest BCUT2D eigenvalue weighted by Gasteiger charge is -2.49. The number of carbonyl (C=O) groups is 1. The minimum absolute atomic E-state index is 0.143. The molecule has 1 aromatic carbocycles. The zero-order valence-corrected chi connectivity index (χ0v) is 24.7. The minimum Gasteiger partial charge on any atom is -0.349 e. The Hall–Kier alpha value is -3.81. The van der Waals surface area contributed by atoms with Crippen molar-refractivity contribution in [2.24, 2.45) is 7.05 Å². The molecule has 1 amide bonds. The lowest BCUT2D eigenvalue weighted by atomic mass is 9.96. The van der Waals surface area contributed by atoms with E-state index in [1.807, 2.05) is 7.05 Å². The molecule has 0 saturated carbocycles. The molecule has 0 bridgehead atoms. The van der Waals surface area contributed by atoms with Crippen molar-refractivity contribution in [2.45, 2.75) is 58.3 Å². The highest BCUT2D eigenvalue weighted by Gasteiger charge is 2.37. The van der Waals surface area contributed by atoms with E-state index in [9.17, 15) is 14.9 Å². The smallest absolute Gasteiger partial charge is 0.349 e. The summed E-state index contributed by atoms with van der Waals surface area (Å²) in [6, 6.07) is 15.0. The van der Waals surface area contributed by atoms with Crippen molar-refractivity contribution >= 4 is 22.8 Å². The number of benzene rings is 1. The van der Waals surface area contributed by atoms with Gasteiger partial charge in [-0.05, 0) is 43.0 Å². The van der Waals surface area contributed by atoms with Crippen molar-refractivity contribution in [3.05, 3.63) is 63.7 Å². The fourth-order valence-corrected chi connectivity index (χ4v) is 6.18. The van der Waals surface area contributed by atoms with Crippen LogP contribution in [-0.2, 0) is 18.4 Å². The molecule has 0 radical (unpaired) electrons. The van der Waals surface area contributed by atoms with Gasteiger partial charge in [-0.1, -0.05) is 38.1 Å². The molecular weight excluding hydrogens is 516 g/mol. The van der Waals surface area contributed by atoms with Crippen LogP contribution in [-0.4, -0.2) is 87.0 Å². The highest BCUT2D eigenvalue weighted by atomic mass is 16.2. The van der Waals surface area contributed by atoms with E-state index in [1.54, 1.807) is 24.1 Å². The van der Waals surface area contributed by atoms with Gasteiger partial charge in [0.2, 0.25) is 5.91 Å². The van der Waals surface area contributed by atoms with Gasteiger partial charge in [-0.2, -0.15) is 10.2 Å². The Balaban J connectivity index is 1.37. The van der Waals surface area contributed by atoms with Crippen LogP contribution >= 0.6 is 0 Å². The third-order valence-corrected chi connectivity index (χ3v) is 8.91. The Morgan fingerprint density at radius 1 is 0.976 bits per heavy atom. The second-order valence-electron chi connectivity index (χ2n) is 11.4. The number of hydrogen-bond acceptors (Lipinski definition) is 8. The molecule has 0 N–H and O–H groups in total. The highest BCUT2D eigenvalue weighted by molar-refractivity contribution is 5.86. The maximum atomic E-state index is 12.8. The van der Waals surface area contributed by atoms with Crippen LogP contribution in [0.1, 0.15) is 56.5 Å². The molecule has 216 valence electrons. The summed E-state index contributed by atoms with van der Waals surface area (Å²) >= 11 is 0. The number of pyridine rings is 1. The van der Waals surface area contributed by atoms with E-state index < -0.39 is 0 Å². The van der Waals surface area contributed by atoms with E-state index in [2.05, 4.69) is 75.8 Å². The highest BCUT2D eigenvalue weighted by Crippen LogP contribution is 2.33. The summed E-state index contributed by atoms with van der Waals surface area (Å²) < 4.78 is 1.49. The lowest BCUT2D eigenvalue weighted by Crippen LogP contribution is -2.59. The second-order valence-corrected chi connectivity index (χ2v) is 11.4. The fraction of sp³-hybridized carbons (Fsp3) is 0.516. The molecule has 4 heterocycles. The first-order chi connectivity index (χ1) is 19.7. The summed E-state index contributed by atoms with van der Waals surface area (Å²) in [5, 5.41) is 9.48. The number of anilines is 1. The summed E-state index contributed by atoms with van der Waals surface area (Å²) in [5.41, 5.74) is 3.75. The number of aryl methyl sites for hydroxylation is 1. The van der Waals surface area contributed by atoms with Crippen LogP contribution in [0.4, 0.5) is 5.82 Å². The molecule has 3 aromatic rings. The van der Waals surface area contributed by atoms with Crippen LogP contribution < -0.4 is 10.6 Å². The standard InChI is InChI=1S/C31H40N8O2/c1-6-25-19-39(30-29-27(36(5)31(41)34-30)13-12-24(16-32)33-29)26(7-2)18-38(25)21(3)23-10-8-22(9-11-23)17-37-15-14-35(4)28(40)20-37/h8-13,21,25-26H,6-7,14-15,17-20H2,1-5H3/t21?,25-,26+/m1/s1. The molecule has 0 aliphatic carbocycles. The first kappa shape index (κ1) is 28.7. The van der Waals surface area contributed by atoms with Gasteiger partial charge in [0.25, 0.3) is 0 Å². The Morgan fingerprint density at radius 3 is 2.37 bits per heavy atom. The maximum Gasteiger partial charge on any atom is 0.349 e. The van der Waals surface area contributed by atoms with Gasteiger partial charge in [0.05, 0.1) is 12.1 Å². The summed E-state index contributed by atoms with van der Waals surface area (Å²) in [4.78, 5) is 42.8. The van der Waals surface area contributed by atoms with Crippen LogP contribution in [0, 0.1) is 11.3 Å². The maximum absolute atomic E-state index is 12.8. The zero-order valence-electron chi connectivity index (χ0n) is 24.7. The summed E-state index contributed by atoms with van der Waals surface area (Å²) in [7, 11) is 3.56. The molecule has 5 rings (SSSR count). The van der Waals surface area contributed by atoms with Crippen molar-refractivity contribution in [1.29, 1.82) is 5.26 Å². The number of amides is 1. The molecule has 1 unspecified atom stereocenters. The summed E-state index contributed by atoms with van der Waals surface area (Å²) in [6.45, 7) is 11.1. The van der Waals surface area contributed by atoms with Crippen LogP contribution in [0.25, 0.3) is 11.0 Å². The average molecular weight is 557 g/mol. The first-order valence-corrected chi connectivity index (χ1v) is 14.6. The van der Waals surface area contributed by atoms with Crippen LogP contribution in [0.3, 0.4) is 0 Å². The lowest BCUT2D eigenvalue weighted by molar-refractivity contribution is -0.134. The largest absolute Gasteiger partial charge is 0.349 e. The fourth-order valence-electron chi connectivity index (χ4n) is 6.18. The number of carbonyl (C=O) groups excluding carboxylic acids is 1. The molecule has 2 aliphatic heterocycles. The van der Waals surface area contributed by atoms with Crippen LogP contribution in [0.15, 0.2) is 41.2 Å². The quantitative estimate of drug-likeness (QED) is 0.438. The molecule has 2 saturated heterocycles. The average Bonchev–Trinajstić information content (AvgIpc) is 2.99. The van der Waals surface area contributed by atoms with Crippen molar-refractivity contribution in [3.8, 4) is 6.07 Å². The monoisotopic (exact) mass is 556 g/mol. The Kier molecular flexibility index (Phi) is 8.38. The number of rotatable bonds is 7. The van der Waals surface area contributed by atoms with Crippen molar-refractivity contribution in [2.75, 3.05) is 44.7 Å². The predicted molar refractivity (Wildman–Crippen MR) is 159 cm³/mol. The predicted octanol–water partition coefficient (Wildman–Crippen LogP) is 2.91. The van der Waals surface area contributed by atoms with E-state index in [1.165, 1.54) is 15.7 Å². The molecule has 10 nitrogen and oxygen atoms in total. The number of nitrogens with zero attached hydrogens (tertiary/aromatic N) is 8. The SMILES string of the molecule is CC[C@H]1CN(C(C)c2ccc(CN3CCN(C)C(=O)C3)cc2)[C@H](CC)CN1c1nc(=O)n(C)c2ccc(C#N)nc12. The molecular formula is C31H40N8O2. The Labute approximate surface area is 241 Å². The van der Waals surface area contributed by atoms with Gasteiger partial charge in [-0.25, -0.2) is 9.78 Å². The van der Waals surface area contributed by atoms with E-state index in [0.717, 1.165) is 45.6 Å². The summed E-state index contributed by atoms with van der Waals surface area (Å²) in [6.07, 6.45) is 1.84. The normalized spacial score (nSPS) is 21.3. The van der Waals surface area contributed by atoms with E-state index in [0.29, 0.717) is 29.1 Å². The molecule has 2 fully saturated rings. The number of piperazine rings is 2. The number of nitriles is 1. The third kappa shape index (κ3) is 5.69. The molecule has 10 heteroatoms. The van der Waals surface area contributed by atoms with Gasteiger partial charge < -0.3 is 9.80 Å². The van der Waals surface area contributed by atoms with Gasteiger partial charge >= 0.3 is 5.69 Å². The van der Waals surface area contributed by atoms with Crippen LogP contribution in [0.2, 0.25) is 0 Å². The van der Waals surface area contributed by atoms with Gasteiger partial charge in [0, 0.05) is 64.9 Å². The molecule has 0 spiro atoms. The number of fused-ring (bicyclic) bond motifs is 1. The Bertz CT molecular complexity index is 1510. The van der Waals surface area contributed by atoms with Crippen molar-refractivity contribution in [1.82, 2.24) is 29.2 Å². The second kappa shape index (κ2) is 12.0. The molecule has 2 aliphatic rings. The number of likely N-dealkylation sites (N-methyl/N-ethyl adjacent to an activating group) is 1. The van der Waals surface area contributed by atoms with Gasteiger partial charge in [-0.15, -0.1) is 0 Å². The van der Waals surface area contributed by atoms with Gasteiger partial charge in [0.1, 0.15) is 17.3 Å². The summed E-state index contributed by atoms with van der Waals surface area (Å²) in [5.74, 6) is 0.751. The number of aromatic nitrogens is 3. The molecule has 3 atom stereocenters. The number of hydrogen-bond donors (Lipinski definition) is 0. The van der Waals surface area contributed by atoms with Gasteiger partial charge in [0.15, 0.2) is 5.82 Å². The topological polar surface area (TPSA) is 102 Å². The van der Waals surface area contributed by atoms with Crippen molar-refractivity contribution < 1.29 is 4.79 Å². The van der Waals surface area contributed by atoms with Crippen LogP contribution in [0.5, 0.6) is 0 Å². The molecule has 41 heavy (non-hydrogen) atoms. The zero-order chi connectivity index (χ0) is 29.3. The molecule has 2 aromatic heterocycles. The Morgan fingerprint density at radius 2 is 1.71 bits per heavy atom.